The Bertz CT molecular complexity index is 661. The highest BCUT2D eigenvalue weighted by molar-refractivity contribution is 6.39. The molecule has 9 nitrogen and oxygen atoms in total. The van der Waals surface area contributed by atoms with Crippen LogP contribution in [0, 0.1) is 11.7 Å². The molecule has 2 rings (SSSR count). The Kier molecular flexibility index (Phi) is 6.23. The third-order valence-electron chi connectivity index (χ3n) is 3.89. The molecule has 1 heterocycles. The minimum atomic E-state index is -1.07. The summed E-state index contributed by atoms with van der Waals surface area (Å²) < 4.78 is 24.3. The van der Waals surface area contributed by atoms with Crippen LogP contribution in [0.1, 0.15) is 25.7 Å². The molecule has 0 aromatic carbocycles. The minimum absolute atomic E-state index is 0.00662. The van der Waals surface area contributed by atoms with E-state index in [1.807, 2.05) is 0 Å². The molecule has 1 aliphatic rings. The molecule has 1 aliphatic carbocycles. The highest BCUT2D eigenvalue weighted by Gasteiger charge is 2.28. The van der Waals surface area contributed by atoms with Crippen molar-refractivity contribution in [2.45, 2.75) is 31.8 Å². The number of ether oxygens (including phenoxy) is 2. The Morgan fingerprint density at radius 1 is 1.24 bits per heavy atom. The number of hydrogen-bond donors (Lipinski definition) is 3. The van der Waals surface area contributed by atoms with Gasteiger partial charge < -0.3 is 14.8 Å². The number of carbonyl (C=O) groups is 3. The SMILES string of the molecule is COC(=O)[C@H]1CC[C@@H](Oc2ncc(NC(=O)C(=O)NN)cc2F)CC1. The first-order chi connectivity index (χ1) is 11.9. The molecule has 0 unspecified atom stereocenters. The molecule has 0 radical (unpaired) electrons. The summed E-state index contributed by atoms with van der Waals surface area (Å²) >= 11 is 0. The maximum Gasteiger partial charge on any atom is 0.323 e. The summed E-state index contributed by atoms with van der Waals surface area (Å²) in [5, 5.41) is 2.15. The number of nitrogens with zero attached hydrogens (tertiary/aromatic N) is 1. The van der Waals surface area contributed by atoms with Crippen molar-refractivity contribution in [3.8, 4) is 5.88 Å². The second-order valence-corrected chi connectivity index (χ2v) is 5.55. The number of pyridine rings is 1. The fourth-order valence-electron chi connectivity index (χ4n) is 2.57. The summed E-state index contributed by atoms with van der Waals surface area (Å²) in [4.78, 5) is 37.6. The number of halogens is 1. The van der Waals surface area contributed by atoms with E-state index in [0.717, 1.165) is 6.07 Å². The Morgan fingerprint density at radius 3 is 2.48 bits per heavy atom. The quantitative estimate of drug-likeness (QED) is 0.232. The van der Waals surface area contributed by atoms with Gasteiger partial charge in [-0.2, -0.15) is 0 Å². The molecule has 136 valence electrons. The first-order valence-corrected chi connectivity index (χ1v) is 7.66. The fraction of sp³-hybridized carbons (Fsp3) is 0.467. The van der Waals surface area contributed by atoms with Gasteiger partial charge in [-0.25, -0.2) is 15.2 Å². The zero-order valence-electron chi connectivity index (χ0n) is 13.6. The van der Waals surface area contributed by atoms with Crippen LogP contribution in [-0.2, 0) is 19.1 Å². The molecule has 25 heavy (non-hydrogen) atoms. The Labute approximate surface area is 143 Å². The van der Waals surface area contributed by atoms with E-state index < -0.39 is 17.6 Å². The molecule has 0 atom stereocenters. The monoisotopic (exact) mass is 354 g/mol. The van der Waals surface area contributed by atoms with E-state index in [0.29, 0.717) is 25.7 Å². The van der Waals surface area contributed by atoms with E-state index in [1.54, 1.807) is 5.43 Å². The molecule has 4 N–H and O–H groups in total. The summed E-state index contributed by atoms with van der Waals surface area (Å²) in [6, 6.07) is 0.990. The Balaban J connectivity index is 1.92. The molecular formula is C15H19FN4O5. The number of carbonyl (C=O) groups excluding carboxylic acids is 3. The third-order valence-corrected chi connectivity index (χ3v) is 3.89. The zero-order chi connectivity index (χ0) is 18.4. The van der Waals surface area contributed by atoms with Crippen molar-refractivity contribution in [3.63, 3.8) is 0 Å². The van der Waals surface area contributed by atoms with Crippen molar-refractivity contribution in [1.29, 1.82) is 0 Å². The number of nitrogens with two attached hydrogens (primary N) is 1. The molecule has 1 aromatic heterocycles. The second-order valence-electron chi connectivity index (χ2n) is 5.55. The first-order valence-electron chi connectivity index (χ1n) is 7.66. The van der Waals surface area contributed by atoms with Gasteiger partial charge in [0, 0.05) is 6.07 Å². The Hall–Kier alpha value is -2.75. The van der Waals surface area contributed by atoms with E-state index >= 15 is 0 Å². The highest BCUT2D eigenvalue weighted by Crippen LogP contribution is 2.29. The van der Waals surface area contributed by atoms with Crippen LogP contribution in [0.3, 0.4) is 0 Å². The molecule has 1 aromatic rings. The standard InChI is InChI=1S/C15H19FN4O5/c1-24-15(23)8-2-4-10(5-3-8)25-14-11(16)6-9(7-18-14)19-12(21)13(22)20-17/h6-8,10H,2-5,17H2,1H3,(H,19,21)(H,20,22)/t8-,10+. The molecule has 1 saturated carbocycles. The van der Waals surface area contributed by atoms with Gasteiger partial charge in [-0.05, 0) is 25.7 Å². The van der Waals surface area contributed by atoms with Gasteiger partial charge in [-0.1, -0.05) is 0 Å². The third kappa shape index (κ3) is 4.86. The maximum absolute atomic E-state index is 14.1. The van der Waals surface area contributed by atoms with Crippen LogP contribution < -0.4 is 21.3 Å². The molecule has 0 bridgehead atoms. The smallest absolute Gasteiger partial charge is 0.323 e. The van der Waals surface area contributed by atoms with Gasteiger partial charge in [0.1, 0.15) is 6.10 Å². The number of methoxy groups -OCH3 is 1. The van der Waals surface area contributed by atoms with Crippen molar-refractivity contribution in [1.82, 2.24) is 10.4 Å². The molecule has 0 spiro atoms. The molecule has 1 fully saturated rings. The van der Waals surface area contributed by atoms with Crippen LogP contribution >= 0.6 is 0 Å². The number of anilines is 1. The minimum Gasteiger partial charge on any atom is -0.472 e. The van der Waals surface area contributed by atoms with Crippen LogP contribution in [-0.4, -0.2) is 36.0 Å². The summed E-state index contributed by atoms with van der Waals surface area (Å²) in [6.07, 6.45) is 3.26. The second kappa shape index (κ2) is 8.38. The van der Waals surface area contributed by atoms with Crippen molar-refractivity contribution in [3.05, 3.63) is 18.1 Å². The zero-order valence-corrected chi connectivity index (χ0v) is 13.6. The summed E-state index contributed by atoms with van der Waals surface area (Å²) in [5.74, 6) is 1.33. The number of hydrazine groups is 1. The molecular weight excluding hydrogens is 335 g/mol. The van der Waals surface area contributed by atoms with Crippen LogP contribution in [0.5, 0.6) is 5.88 Å². The van der Waals surface area contributed by atoms with Crippen LogP contribution in [0.2, 0.25) is 0 Å². The topological polar surface area (TPSA) is 133 Å². The average Bonchev–Trinajstić information content (AvgIpc) is 2.63. The van der Waals surface area contributed by atoms with E-state index in [2.05, 4.69) is 10.3 Å². The summed E-state index contributed by atoms with van der Waals surface area (Å²) in [5.41, 5.74) is 1.65. The summed E-state index contributed by atoms with van der Waals surface area (Å²) in [7, 11) is 1.35. The van der Waals surface area contributed by atoms with E-state index in [4.69, 9.17) is 15.3 Å². The lowest BCUT2D eigenvalue weighted by Crippen LogP contribution is -2.39. The maximum atomic E-state index is 14.1. The number of amides is 2. The average molecular weight is 354 g/mol. The van der Waals surface area contributed by atoms with Crippen LogP contribution in [0.25, 0.3) is 0 Å². The largest absolute Gasteiger partial charge is 0.472 e. The van der Waals surface area contributed by atoms with Gasteiger partial charge in [-0.15, -0.1) is 0 Å². The van der Waals surface area contributed by atoms with Gasteiger partial charge in [0.2, 0.25) is 0 Å². The highest BCUT2D eigenvalue weighted by atomic mass is 19.1. The lowest BCUT2D eigenvalue weighted by atomic mass is 9.87. The summed E-state index contributed by atoms with van der Waals surface area (Å²) in [6.45, 7) is 0. The van der Waals surface area contributed by atoms with Gasteiger partial charge in [0.15, 0.2) is 5.82 Å². The van der Waals surface area contributed by atoms with Crippen molar-refractivity contribution in [2.24, 2.45) is 11.8 Å². The van der Waals surface area contributed by atoms with E-state index in [-0.39, 0.29) is 29.6 Å². The van der Waals surface area contributed by atoms with Crippen LogP contribution in [0.4, 0.5) is 10.1 Å². The predicted molar refractivity (Wildman–Crippen MR) is 83.5 cm³/mol. The predicted octanol–water partition coefficient (Wildman–Crippen LogP) is 0.260. The first kappa shape index (κ1) is 18.6. The molecule has 0 aliphatic heterocycles. The van der Waals surface area contributed by atoms with Gasteiger partial charge in [0.05, 0.1) is 24.9 Å². The molecule has 0 saturated heterocycles. The van der Waals surface area contributed by atoms with Gasteiger partial charge in [0.25, 0.3) is 5.88 Å². The van der Waals surface area contributed by atoms with Crippen LogP contribution in [0.15, 0.2) is 12.3 Å². The van der Waals surface area contributed by atoms with Crippen molar-refractivity contribution >= 4 is 23.5 Å². The molecule has 10 heteroatoms. The Morgan fingerprint density at radius 2 is 1.92 bits per heavy atom. The lowest BCUT2D eigenvalue weighted by Gasteiger charge is -2.27. The number of nitrogens with one attached hydrogen (secondary N) is 2. The van der Waals surface area contributed by atoms with Gasteiger partial charge >= 0.3 is 17.8 Å². The normalized spacial score (nSPS) is 19.6. The van der Waals surface area contributed by atoms with Crippen molar-refractivity contribution < 1.29 is 28.2 Å². The van der Waals surface area contributed by atoms with E-state index in [9.17, 15) is 18.8 Å². The number of aromatic nitrogens is 1. The number of esters is 1. The van der Waals surface area contributed by atoms with Crippen molar-refractivity contribution in [2.75, 3.05) is 12.4 Å². The molecule has 2 amide bonds. The lowest BCUT2D eigenvalue weighted by molar-refractivity contribution is -0.147. The fourth-order valence-corrected chi connectivity index (χ4v) is 2.57. The van der Waals surface area contributed by atoms with E-state index in [1.165, 1.54) is 13.3 Å². The number of rotatable bonds is 4. The van der Waals surface area contributed by atoms with Gasteiger partial charge in [-0.3, -0.25) is 19.8 Å². The number of hydrogen-bond acceptors (Lipinski definition) is 7.